The molecule has 1 amide bonds. The molecule has 3 N–H and O–H groups in total. The quantitative estimate of drug-likeness (QED) is 0.390. The molecule has 0 spiro atoms. The second kappa shape index (κ2) is 5.03. The first-order valence-corrected chi connectivity index (χ1v) is 2.54. The molecule has 1 rings (SSSR count). The van der Waals surface area contributed by atoms with Crippen LogP contribution in [0.4, 0.5) is 0 Å². The van der Waals surface area contributed by atoms with Crippen LogP contribution in [0.15, 0.2) is 16.8 Å². The molecule has 0 atom stereocenters. The van der Waals surface area contributed by atoms with Crippen molar-refractivity contribution in [3.8, 4) is 0 Å². The smallest absolute Gasteiger partial charge is 1.00 e. The third-order valence-electron chi connectivity index (χ3n) is 0.973. The number of aliphatic imine (C=N–C) groups is 1. The molecule has 1 heterocycles. The summed E-state index contributed by atoms with van der Waals surface area (Å²) in [7, 11) is 0. The maximum absolute atomic E-state index is 10.4. The Morgan fingerprint density at radius 3 is 2.90 bits per heavy atom. The van der Waals surface area contributed by atoms with Gasteiger partial charge in [-0.1, -0.05) is 0 Å². The van der Waals surface area contributed by atoms with Gasteiger partial charge in [0.25, 0.3) is 5.91 Å². The molecule has 5 heteroatoms. The number of hydrogen-bond acceptors (Lipinski definition) is 3. The van der Waals surface area contributed by atoms with E-state index in [-0.39, 0.29) is 52.8 Å². The molecule has 0 fully saturated rings. The molecule has 0 aromatic rings. The van der Waals surface area contributed by atoms with E-state index in [0.717, 1.165) is 0 Å². The van der Waals surface area contributed by atoms with Crippen LogP contribution in [-0.4, -0.2) is 18.8 Å². The Bertz CT molecular complexity index is 192. The standard InChI is InChI=1S/C5H7N3O.K.H/c6-5(9)4-1-2-7-3-8-4;;/h1-2,8H,3H2,(H2,6,9);;/q;+1;-1. The minimum Gasteiger partial charge on any atom is -1.00 e. The van der Waals surface area contributed by atoms with E-state index < -0.39 is 5.91 Å². The van der Waals surface area contributed by atoms with Gasteiger partial charge in [-0.05, 0) is 6.08 Å². The zero-order valence-corrected chi connectivity index (χ0v) is 8.92. The second-order valence-electron chi connectivity index (χ2n) is 1.61. The summed E-state index contributed by atoms with van der Waals surface area (Å²) in [4.78, 5) is 14.2. The molecule has 0 aromatic carbocycles. The van der Waals surface area contributed by atoms with Crippen molar-refractivity contribution in [2.24, 2.45) is 10.7 Å². The molecule has 0 saturated heterocycles. The SMILES string of the molecule is NC(=O)C1=CC=NCN1.[H-].[K+]. The predicted octanol–water partition coefficient (Wildman–Crippen LogP) is -3.90. The van der Waals surface area contributed by atoms with Crippen LogP contribution < -0.4 is 62.4 Å². The molecule has 0 unspecified atom stereocenters. The third kappa shape index (κ3) is 2.93. The Morgan fingerprint density at radius 1 is 1.90 bits per heavy atom. The summed E-state index contributed by atoms with van der Waals surface area (Å²) in [6.45, 7) is 0.439. The number of nitrogens with one attached hydrogen (secondary N) is 1. The maximum atomic E-state index is 10.4. The van der Waals surface area contributed by atoms with Crippen molar-refractivity contribution in [3.63, 3.8) is 0 Å². The number of nitrogens with two attached hydrogens (primary N) is 1. The fourth-order valence-electron chi connectivity index (χ4n) is 0.539. The van der Waals surface area contributed by atoms with Gasteiger partial charge in [-0.25, -0.2) is 0 Å². The van der Waals surface area contributed by atoms with E-state index in [2.05, 4.69) is 10.3 Å². The van der Waals surface area contributed by atoms with Gasteiger partial charge in [0.15, 0.2) is 0 Å². The van der Waals surface area contributed by atoms with Crippen molar-refractivity contribution in [2.45, 2.75) is 0 Å². The van der Waals surface area contributed by atoms with E-state index in [1.54, 1.807) is 12.3 Å². The van der Waals surface area contributed by atoms with Crippen LogP contribution in [0.1, 0.15) is 1.43 Å². The number of nitrogens with zero attached hydrogens (tertiary/aromatic N) is 1. The molecule has 1 aliphatic heterocycles. The van der Waals surface area contributed by atoms with Crippen LogP contribution in [0.2, 0.25) is 0 Å². The zero-order chi connectivity index (χ0) is 6.69. The van der Waals surface area contributed by atoms with Crippen molar-refractivity contribution in [1.29, 1.82) is 0 Å². The van der Waals surface area contributed by atoms with Crippen molar-refractivity contribution >= 4 is 12.1 Å². The number of primary amides is 1. The van der Waals surface area contributed by atoms with Crippen molar-refractivity contribution in [1.82, 2.24) is 5.32 Å². The van der Waals surface area contributed by atoms with Gasteiger partial charge < -0.3 is 12.5 Å². The first-order valence-electron chi connectivity index (χ1n) is 2.54. The minimum absolute atomic E-state index is 0. The monoisotopic (exact) mass is 165 g/mol. The Labute approximate surface area is 103 Å². The van der Waals surface area contributed by atoms with Gasteiger partial charge in [0.05, 0.1) is 0 Å². The molecule has 0 saturated carbocycles. The van der Waals surface area contributed by atoms with E-state index in [9.17, 15) is 4.79 Å². The van der Waals surface area contributed by atoms with Crippen LogP contribution in [0.3, 0.4) is 0 Å². The van der Waals surface area contributed by atoms with Crippen molar-refractivity contribution < 1.29 is 57.6 Å². The Hall–Kier alpha value is 0.316. The first-order chi connectivity index (χ1) is 4.30. The number of rotatable bonds is 1. The summed E-state index contributed by atoms with van der Waals surface area (Å²) in [5.41, 5.74) is 5.36. The van der Waals surface area contributed by atoms with Gasteiger partial charge in [-0.3, -0.25) is 9.79 Å². The summed E-state index contributed by atoms with van der Waals surface area (Å²) in [5, 5.41) is 2.71. The molecule has 0 radical (unpaired) electrons. The van der Waals surface area contributed by atoms with E-state index in [1.807, 2.05) is 0 Å². The molecular formula is C5H8KN3O. The molecule has 0 aliphatic carbocycles. The fraction of sp³-hybridized carbons (Fsp3) is 0.200. The average molecular weight is 165 g/mol. The van der Waals surface area contributed by atoms with Gasteiger partial charge in [-0.15, -0.1) is 0 Å². The zero-order valence-electron chi connectivity index (χ0n) is 6.79. The van der Waals surface area contributed by atoms with Gasteiger partial charge in [0.1, 0.15) is 12.4 Å². The Morgan fingerprint density at radius 2 is 2.60 bits per heavy atom. The summed E-state index contributed by atoms with van der Waals surface area (Å²) >= 11 is 0. The fourth-order valence-corrected chi connectivity index (χ4v) is 0.539. The summed E-state index contributed by atoms with van der Waals surface area (Å²) in [6.07, 6.45) is 3.10. The Kier molecular flexibility index (Phi) is 5.19. The largest absolute Gasteiger partial charge is 1.00 e. The Balaban J connectivity index is 0. The molecule has 0 bridgehead atoms. The van der Waals surface area contributed by atoms with Crippen LogP contribution in [0.5, 0.6) is 0 Å². The first kappa shape index (κ1) is 10.3. The van der Waals surface area contributed by atoms with E-state index in [4.69, 9.17) is 5.73 Å². The van der Waals surface area contributed by atoms with Gasteiger partial charge in [-0.2, -0.15) is 0 Å². The topological polar surface area (TPSA) is 67.5 Å². The summed E-state index contributed by atoms with van der Waals surface area (Å²) < 4.78 is 0. The number of hydrogen-bond donors (Lipinski definition) is 2. The van der Waals surface area contributed by atoms with E-state index in [0.29, 0.717) is 12.4 Å². The van der Waals surface area contributed by atoms with E-state index in [1.165, 1.54) is 0 Å². The van der Waals surface area contributed by atoms with E-state index >= 15 is 0 Å². The molecule has 1 aliphatic rings. The molecule has 50 valence electrons. The van der Waals surface area contributed by atoms with Crippen LogP contribution in [-0.2, 0) is 4.79 Å². The van der Waals surface area contributed by atoms with Crippen LogP contribution in [0, 0.1) is 0 Å². The van der Waals surface area contributed by atoms with Crippen LogP contribution >= 0.6 is 0 Å². The summed E-state index contributed by atoms with van der Waals surface area (Å²) in [6, 6.07) is 0. The van der Waals surface area contributed by atoms with Gasteiger partial charge >= 0.3 is 51.4 Å². The third-order valence-corrected chi connectivity index (χ3v) is 0.973. The molecule has 10 heavy (non-hydrogen) atoms. The minimum atomic E-state index is -0.443. The summed E-state index contributed by atoms with van der Waals surface area (Å²) in [5.74, 6) is -0.443. The molecular weight excluding hydrogens is 157 g/mol. The van der Waals surface area contributed by atoms with Crippen molar-refractivity contribution in [2.75, 3.05) is 6.67 Å². The molecule has 0 aromatic heterocycles. The number of allylic oxidation sites excluding steroid dienone is 1. The number of carbonyl (C=O) groups excluding carboxylic acids is 1. The van der Waals surface area contributed by atoms with Crippen molar-refractivity contribution in [3.05, 3.63) is 11.8 Å². The van der Waals surface area contributed by atoms with Gasteiger partial charge in [0.2, 0.25) is 0 Å². The van der Waals surface area contributed by atoms with Crippen LogP contribution in [0.25, 0.3) is 0 Å². The second-order valence-corrected chi connectivity index (χ2v) is 1.61. The van der Waals surface area contributed by atoms with Gasteiger partial charge in [0, 0.05) is 6.21 Å². The number of carbonyl (C=O) groups is 1. The normalized spacial score (nSPS) is 14.6. The molecule has 4 nitrogen and oxygen atoms in total. The average Bonchev–Trinajstić information content (AvgIpc) is 1.90. The number of amides is 1. The maximum Gasteiger partial charge on any atom is 1.00 e. The predicted molar refractivity (Wildman–Crippen MR) is 34.9 cm³/mol.